The lowest BCUT2D eigenvalue weighted by molar-refractivity contribution is -0.154. The van der Waals surface area contributed by atoms with Crippen LogP contribution in [0, 0.1) is 5.92 Å². The number of rotatable bonds is 3. The van der Waals surface area contributed by atoms with Crippen LogP contribution in [0.4, 0.5) is 0 Å². The Morgan fingerprint density at radius 3 is 2.60 bits per heavy atom. The van der Waals surface area contributed by atoms with Crippen molar-refractivity contribution < 1.29 is 9.59 Å². The fourth-order valence-electron chi connectivity index (χ4n) is 3.54. The smallest absolute Gasteiger partial charge is 0.246 e. The summed E-state index contributed by atoms with van der Waals surface area (Å²) in [6.45, 7) is 8.05. The molecule has 2 aliphatic heterocycles. The SMILES string of the molecule is CCCC1NC(=O)C(C)N(C2CCN(C)CC2C)C1=O. The Labute approximate surface area is 121 Å². The standard InChI is InChI=1S/C15H27N3O2/c1-5-6-12-15(20)18(11(3)14(19)16-12)13-7-8-17(4)9-10(13)2/h10-13H,5-9H2,1-4H3,(H,16,19). The number of hydrogen-bond acceptors (Lipinski definition) is 3. The number of piperazine rings is 1. The van der Waals surface area contributed by atoms with E-state index in [9.17, 15) is 9.59 Å². The normalized spacial score (nSPS) is 36.1. The van der Waals surface area contributed by atoms with E-state index in [1.165, 1.54) is 0 Å². The molecule has 0 radical (unpaired) electrons. The van der Waals surface area contributed by atoms with Gasteiger partial charge >= 0.3 is 0 Å². The third kappa shape index (κ3) is 2.82. The zero-order chi connectivity index (χ0) is 14.9. The highest BCUT2D eigenvalue weighted by Gasteiger charge is 2.43. The molecule has 0 spiro atoms. The maximum Gasteiger partial charge on any atom is 0.246 e. The summed E-state index contributed by atoms with van der Waals surface area (Å²) in [6.07, 6.45) is 2.59. The molecule has 4 atom stereocenters. The second-order valence-electron chi connectivity index (χ2n) is 6.37. The summed E-state index contributed by atoms with van der Waals surface area (Å²) in [4.78, 5) is 29.0. The van der Waals surface area contributed by atoms with Gasteiger partial charge in [0.15, 0.2) is 0 Å². The summed E-state index contributed by atoms with van der Waals surface area (Å²) in [7, 11) is 2.11. The third-order valence-electron chi connectivity index (χ3n) is 4.66. The van der Waals surface area contributed by atoms with Gasteiger partial charge in [-0.15, -0.1) is 0 Å². The van der Waals surface area contributed by atoms with Gasteiger partial charge in [-0.1, -0.05) is 20.3 Å². The van der Waals surface area contributed by atoms with E-state index in [1.807, 2.05) is 18.7 Å². The van der Waals surface area contributed by atoms with Crippen LogP contribution in [0.2, 0.25) is 0 Å². The van der Waals surface area contributed by atoms with Gasteiger partial charge in [-0.25, -0.2) is 0 Å². The fourth-order valence-corrected chi connectivity index (χ4v) is 3.54. The monoisotopic (exact) mass is 281 g/mol. The second kappa shape index (κ2) is 6.12. The largest absolute Gasteiger partial charge is 0.343 e. The predicted octanol–water partition coefficient (Wildman–Crippen LogP) is 0.842. The van der Waals surface area contributed by atoms with Crippen LogP contribution in [0.5, 0.6) is 0 Å². The molecule has 2 heterocycles. The van der Waals surface area contributed by atoms with Gasteiger partial charge in [0.05, 0.1) is 0 Å². The van der Waals surface area contributed by atoms with Crippen molar-refractivity contribution in [3.05, 3.63) is 0 Å². The molecule has 1 N–H and O–H groups in total. The third-order valence-corrected chi connectivity index (χ3v) is 4.66. The van der Waals surface area contributed by atoms with Crippen molar-refractivity contribution in [3.63, 3.8) is 0 Å². The van der Waals surface area contributed by atoms with E-state index < -0.39 is 0 Å². The lowest BCUT2D eigenvalue weighted by Gasteiger charge is -2.47. The molecule has 2 fully saturated rings. The van der Waals surface area contributed by atoms with Crippen molar-refractivity contribution in [2.24, 2.45) is 5.92 Å². The summed E-state index contributed by atoms with van der Waals surface area (Å²) < 4.78 is 0. The number of piperidine rings is 1. The zero-order valence-corrected chi connectivity index (χ0v) is 13.1. The second-order valence-corrected chi connectivity index (χ2v) is 6.37. The van der Waals surface area contributed by atoms with Gasteiger partial charge in [0.1, 0.15) is 12.1 Å². The molecule has 114 valence electrons. The van der Waals surface area contributed by atoms with Crippen LogP contribution in [0.15, 0.2) is 0 Å². The van der Waals surface area contributed by atoms with Gasteiger partial charge in [0, 0.05) is 12.6 Å². The Bertz CT molecular complexity index is 385. The number of hydrogen-bond donors (Lipinski definition) is 1. The van der Waals surface area contributed by atoms with Crippen LogP contribution >= 0.6 is 0 Å². The molecule has 2 rings (SSSR count). The summed E-state index contributed by atoms with van der Waals surface area (Å²) in [5.41, 5.74) is 0. The van der Waals surface area contributed by atoms with Crippen molar-refractivity contribution >= 4 is 11.8 Å². The minimum Gasteiger partial charge on any atom is -0.343 e. The minimum atomic E-state index is -0.341. The van der Waals surface area contributed by atoms with E-state index in [2.05, 4.69) is 24.2 Å². The first-order valence-electron chi connectivity index (χ1n) is 7.76. The van der Waals surface area contributed by atoms with Crippen LogP contribution in [0.3, 0.4) is 0 Å². The average Bonchev–Trinajstić information content (AvgIpc) is 2.39. The number of likely N-dealkylation sites (tertiary alicyclic amines) is 1. The first kappa shape index (κ1) is 15.3. The van der Waals surface area contributed by atoms with Crippen LogP contribution in [-0.4, -0.2) is 59.9 Å². The van der Waals surface area contributed by atoms with E-state index in [0.29, 0.717) is 5.92 Å². The molecule has 20 heavy (non-hydrogen) atoms. The van der Waals surface area contributed by atoms with Gasteiger partial charge < -0.3 is 15.1 Å². The topological polar surface area (TPSA) is 52.7 Å². The molecule has 0 bridgehead atoms. The number of nitrogens with zero attached hydrogens (tertiary/aromatic N) is 2. The van der Waals surface area contributed by atoms with Gasteiger partial charge in [-0.05, 0) is 39.3 Å². The molecule has 0 saturated carbocycles. The molecular weight excluding hydrogens is 254 g/mol. The summed E-state index contributed by atoms with van der Waals surface area (Å²) in [5, 5.41) is 2.87. The van der Waals surface area contributed by atoms with Crippen molar-refractivity contribution in [2.75, 3.05) is 20.1 Å². The van der Waals surface area contributed by atoms with Gasteiger partial charge in [0.2, 0.25) is 11.8 Å². The average molecular weight is 281 g/mol. The lowest BCUT2D eigenvalue weighted by atomic mass is 9.89. The maximum atomic E-state index is 12.7. The molecule has 5 nitrogen and oxygen atoms in total. The predicted molar refractivity (Wildman–Crippen MR) is 78.2 cm³/mol. The van der Waals surface area contributed by atoms with Crippen molar-refractivity contribution in [1.29, 1.82) is 0 Å². The van der Waals surface area contributed by atoms with Crippen molar-refractivity contribution in [2.45, 2.75) is 58.2 Å². The quantitative estimate of drug-likeness (QED) is 0.834. The van der Waals surface area contributed by atoms with Gasteiger partial charge in [-0.2, -0.15) is 0 Å². The molecular formula is C15H27N3O2. The van der Waals surface area contributed by atoms with Crippen LogP contribution in [-0.2, 0) is 9.59 Å². The van der Waals surface area contributed by atoms with Gasteiger partial charge in [0.25, 0.3) is 0 Å². The number of carbonyl (C=O) groups excluding carboxylic acids is 2. The highest BCUT2D eigenvalue weighted by Crippen LogP contribution is 2.26. The zero-order valence-electron chi connectivity index (χ0n) is 13.1. The molecule has 2 aliphatic rings. The van der Waals surface area contributed by atoms with E-state index in [0.717, 1.165) is 32.4 Å². The van der Waals surface area contributed by atoms with Crippen molar-refractivity contribution in [1.82, 2.24) is 15.1 Å². The fraction of sp³-hybridized carbons (Fsp3) is 0.867. The Morgan fingerprint density at radius 2 is 2.00 bits per heavy atom. The first-order valence-corrected chi connectivity index (χ1v) is 7.76. The van der Waals surface area contributed by atoms with E-state index in [4.69, 9.17) is 0 Å². The Morgan fingerprint density at radius 1 is 1.30 bits per heavy atom. The molecule has 0 aromatic carbocycles. The van der Waals surface area contributed by atoms with Crippen LogP contribution in [0.1, 0.15) is 40.0 Å². The summed E-state index contributed by atoms with van der Waals surface area (Å²) in [6, 6.07) is -0.471. The Hall–Kier alpha value is -1.10. The van der Waals surface area contributed by atoms with Crippen LogP contribution < -0.4 is 5.32 Å². The number of nitrogens with one attached hydrogen (secondary N) is 1. The molecule has 0 aromatic heterocycles. The number of carbonyl (C=O) groups is 2. The molecule has 4 unspecified atom stereocenters. The van der Waals surface area contributed by atoms with E-state index in [1.54, 1.807) is 0 Å². The summed E-state index contributed by atoms with van der Waals surface area (Å²) in [5.74, 6) is 0.517. The molecule has 2 saturated heterocycles. The molecule has 0 aliphatic carbocycles. The molecule has 0 aromatic rings. The van der Waals surface area contributed by atoms with Gasteiger partial charge in [-0.3, -0.25) is 9.59 Å². The molecule has 2 amide bonds. The maximum absolute atomic E-state index is 12.7. The summed E-state index contributed by atoms with van der Waals surface area (Å²) >= 11 is 0. The highest BCUT2D eigenvalue weighted by molar-refractivity contribution is 5.96. The Kier molecular flexibility index (Phi) is 4.68. The number of amides is 2. The van der Waals surface area contributed by atoms with E-state index >= 15 is 0 Å². The first-order chi connectivity index (χ1) is 9.45. The lowest BCUT2D eigenvalue weighted by Crippen LogP contribution is -2.67. The van der Waals surface area contributed by atoms with Crippen molar-refractivity contribution in [3.8, 4) is 0 Å². The molecule has 5 heteroatoms. The van der Waals surface area contributed by atoms with E-state index in [-0.39, 0.29) is 29.9 Å². The Balaban J connectivity index is 2.18. The highest BCUT2D eigenvalue weighted by atomic mass is 16.2. The minimum absolute atomic E-state index is 0.00539. The van der Waals surface area contributed by atoms with Crippen LogP contribution in [0.25, 0.3) is 0 Å².